The molecule has 2 amide bonds. The molecule has 5 rings (SSSR count). The summed E-state index contributed by atoms with van der Waals surface area (Å²) in [5, 5.41) is 15.6. The summed E-state index contributed by atoms with van der Waals surface area (Å²) in [7, 11) is 3.07. The van der Waals surface area contributed by atoms with E-state index in [4.69, 9.17) is 13.9 Å². The Morgan fingerprint density at radius 2 is 1.85 bits per heavy atom. The van der Waals surface area contributed by atoms with Gasteiger partial charge in [-0.15, -0.1) is 10.2 Å². The number of aromatic nitrogens is 4. The van der Waals surface area contributed by atoms with Crippen LogP contribution in [0, 0.1) is 5.82 Å². The van der Waals surface area contributed by atoms with Crippen LogP contribution in [0.2, 0.25) is 0 Å². The zero-order chi connectivity index (χ0) is 28.8. The van der Waals surface area contributed by atoms with Crippen molar-refractivity contribution in [2.45, 2.75) is 50.9 Å². The fourth-order valence-corrected chi connectivity index (χ4v) is 4.97. The maximum atomic E-state index is 13.9. The number of nitrogens with one attached hydrogen (secondary N) is 1. The maximum Gasteiger partial charge on any atom is 0.247 e. The third-order valence-electron chi connectivity index (χ3n) is 7.05. The van der Waals surface area contributed by atoms with Gasteiger partial charge in [-0.2, -0.15) is 4.80 Å². The van der Waals surface area contributed by atoms with Gasteiger partial charge in [0.1, 0.15) is 24.2 Å². The summed E-state index contributed by atoms with van der Waals surface area (Å²) < 4.78 is 30.0. The molecule has 0 unspecified atom stereocenters. The number of furan rings is 1. The van der Waals surface area contributed by atoms with Crippen LogP contribution in [0.25, 0.3) is 11.4 Å². The Labute approximate surface area is 236 Å². The van der Waals surface area contributed by atoms with Crippen LogP contribution in [-0.4, -0.2) is 57.2 Å². The van der Waals surface area contributed by atoms with E-state index in [2.05, 4.69) is 20.7 Å². The molecule has 0 spiro atoms. The van der Waals surface area contributed by atoms with Gasteiger partial charge >= 0.3 is 0 Å². The molecule has 1 atom stereocenters. The van der Waals surface area contributed by atoms with Crippen LogP contribution in [0.15, 0.2) is 65.3 Å². The lowest BCUT2D eigenvalue weighted by Crippen LogP contribution is -2.46. The number of halogens is 1. The van der Waals surface area contributed by atoms with Gasteiger partial charge in [-0.05, 0) is 66.1 Å². The third-order valence-corrected chi connectivity index (χ3v) is 7.05. The van der Waals surface area contributed by atoms with Crippen molar-refractivity contribution in [3.63, 3.8) is 0 Å². The predicted octanol–water partition coefficient (Wildman–Crippen LogP) is 3.92. The number of rotatable bonds is 11. The van der Waals surface area contributed by atoms with Crippen molar-refractivity contribution in [2.75, 3.05) is 14.2 Å². The lowest BCUT2D eigenvalue weighted by Gasteiger charge is -2.31. The fraction of sp³-hybridized carbons (Fsp3) is 0.345. The van der Waals surface area contributed by atoms with Crippen molar-refractivity contribution in [3.05, 3.63) is 78.0 Å². The van der Waals surface area contributed by atoms with Crippen LogP contribution in [0.1, 0.15) is 43.0 Å². The van der Waals surface area contributed by atoms with E-state index in [0.29, 0.717) is 28.4 Å². The molecular formula is C29H31FN6O5. The Balaban J connectivity index is 1.43. The van der Waals surface area contributed by atoms with E-state index in [1.54, 1.807) is 37.4 Å². The first-order valence-electron chi connectivity index (χ1n) is 13.3. The highest BCUT2D eigenvalue weighted by molar-refractivity contribution is 5.89. The smallest absolute Gasteiger partial charge is 0.247 e. The molecule has 4 aromatic rings. The van der Waals surface area contributed by atoms with Crippen molar-refractivity contribution in [3.8, 4) is 22.9 Å². The number of carbonyl (C=O) groups excluding carboxylic acids is 2. The monoisotopic (exact) mass is 562 g/mol. The largest absolute Gasteiger partial charge is 0.493 e. The standard InChI is InChI=1S/C29H31FN6O5/c1-39-24-14-11-20(16-25(24)40-2)28-32-34-36(33-28)18-26(37)35(17-23-8-5-15-41-23)27(19-9-12-21(30)13-10-19)29(38)31-22-6-3-4-7-22/h5,8-16,22,27H,3-4,6-7,17-18H2,1-2H3,(H,31,38)/t27-/m0/s1. The second-order valence-corrected chi connectivity index (χ2v) is 9.76. The Morgan fingerprint density at radius 1 is 1.10 bits per heavy atom. The zero-order valence-corrected chi connectivity index (χ0v) is 22.8. The predicted molar refractivity (Wildman–Crippen MR) is 145 cm³/mol. The van der Waals surface area contributed by atoms with E-state index in [1.807, 2.05) is 0 Å². The Hall–Kier alpha value is -4.74. The molecule has 0 saturated heterocycles. The van der Waals surface area contributed by atoms with Crippen LogP contribution < -0.4 is 14.8 Å². The summed E-state index contributed by atoms with van der Waals surface area (Å²) in [6.07, 6.45) is 5.30. The van der Waals surface area contributed by atoms with Gasteiger partial charge in [0.25, 0.3) is 0 Å². The van der Waals surface area contributed by atoms with E-state index in [9.17, 15) is 14.0 Å². The van der Waals surface area contributed by atoms with E-state index in [1.165, 1.54) is 47.3 Å². The second-order valence-electron chi connectivity index (χ2n) is 9.76. The number of methoxy groups -OCH3 is 2. The number of ether oxygens (including phenoxy) is 2. The van der Waals surface area contributed by atoms with Crippen molar-refractivity contribution in [1.29, 1.82) is 0 Å². The average Bonchev–Trinajstić information content (AvgIpc) is 3.77. The molecule has 0 aliphatic heterocycles. The Bertz CT molecular complexity index is 1470. The van der Waals surface area contributed by atoms with Gasteiger partial charge in [-0.1, -0.05) is 25.0 Å². The molecule has 41 heavy (non-hydrogen) atoms. The molecule has 2 aromatic carbocycles. The molecule has 12 heteroatoms. The minimum absolute atomic E-state index is 0.00317. The number of tetrazole rings is 1. The molecule has 1 saturated carbocycles. The number of carbonyl (C=O) groups is 2. The van der Waals surface area contributed by atoms with E-state index < -0.39 is 17.8 Å². The molecule has 214 valence electrons. The third kappa shape index (κ3) is 6.53. The number of hydrogen-bond acceptors (Lipinski definition) is 8. The van der Waals surface area contributed by atoms with Crippen molar-refractivity contribution in [1.82, 2.24) is 30.4 Å². The first-order valence-corrected chi connectivity index (χ1v) is 13.3. The quantitative estimate of drug-likeness (QED) is 0.292. The highest BCUT2D eigenvalue weighted by Gasteiger charge is 2.34. The topological polar surface area (TPSA) is 125 Å². The number of hydrogen-bond donors (Lipinski definition) is 1. The van der Waals surface area contributed by atoms with Crippen LogP contribution in [0.3, 0.4) is 0 Å². The highest BCUT2D eigenvalue weighted by atomic mass is 19.1. The molecule has 1 aliphatic carbocycles. The lowest BCUT2D eigenvalue weighted by molar-refractivity contribution is -0.143. The first kappa shape index (κ1) is 27.8. The van der Waals surface area contributed by atoms with E-state index in [0.717, 1.165) is 25.7 Å². The summed E-state index contributed by atoms with van der Waals surface area (Å²) in [5.74, 6) is 0.575. The molecule has 1 fully saturated rings. The van der Waals surface area contributed by atoms with Crippen LogP contribution in [0.5, 0.6) is 11.5 Å². The summed E-state index contributed by atoms with van der Waals surface area (Å²) in [4.78, 5) is 30.1. The van der Waals surface area contributed by atoms with Gasteiger partial charge in [-0.3, -0.25) is 9.59 Å². The van der Waals surface area contributed by atoms with Gasteiger partial charge in [-0.25, -0.2) is 4.39 Å². The zero-order valence-electron chi connectivity index (χ0n) is 22.8. The minimum atomic E-state index is -1.04. The second kappa shape index (κ2) is 12.6. The van der Waals surface area contributed by atoms with Crippen LogP contribution >= 0.6 is 0 Å². The molecule has 1 N–H and O–H groups in total. The van der Waals surface area contributed by atoms with Gasteiger partial charge < -0.3 is 24.1 Å². The Kier molecular flexibility index (Phi) is 8.56. The van der Waals surface area contributed by atoms with Crippen molar-refractivity contribution in [2.24, 2.45) is 0 Å². The normalized spacial score (nSPS) is 14.0. The molecule has 0 radical (unpaired) electrons. The summed E-state index contributed by atoms with van der Waals surface area (Å²) >= 11 is 0. The van der Waals surface area contributed by atoms with Crippen molar-refractivity contribution < 1.29 is 27.9 Å². The number of amides is 2. The highest BCUT2D eigenvalue weighted by Crippen LogP contribution is 2.31. The molecule has 2 heterocycles. The summed E-state index contributed by atoms with van der Waals surface area (Å²) in [6.45, 7) is -0.293. The molecule has 11 nitrogen and oxygen atoms in total. The SMILES string of the molecule is COc1ccc(-c2nnn(CC(=O)N(Cc3ccco3)[C@H](C(=O)NC3CCCC3)c3ccc(F)cc3)n2)cc1OC. The van der Waals surface area contributed by atoms with Crippen molar-refractivity contribution >= 4 is 11.8 Å². The molecule has 0 bridgehead atoms. The molecular weight excluding hydrogens is 531 g/mol. The summed E-state index contributed by atoms with van der Waals surface area (Å²) in [5.41, 5.74) is 1.09. The fourth-order valence-electron chi connectivity index (χ4n) is 4.97. The number of benzene rings is 2. The van der Waals surface area contributed by atoms with E-state index >= 15 is 0 Å². The average molecular weight is 563 g/mol. The summed E-state index contributed by atoms with van der Waals surface area (Å²) in [6, 6.07) is 13.2. The molecule has 1 aliphatic rings. The van der Waals surface area contributed by atoms with Crippen LogP contribution in [-0.2, 0) is 22.7 Å². The van der Waals surface area contributed by atoms with Gasteiger partial charge in [0.05, 0.1) is 27.0 Å². The van der Waals surface area contributed by atoms with Gasteiger partial charge in [0, 0.05) is 11.6 Å². The first-order chi connectivity index (χ1) is 19.9. The molecule has 2 aromatic heterocycles. The van der Waals surface area contributed by atoms with E-state index in [-0.39, 0.29) is 30.9 Å². The lowest BCUT2D eigenvalue weighted by atomic mass is 10.0. The van der Waals surface area contributed by atoms with Gasteiger partial charge in [0.2, 0.25) is 17.6 Å². The Morgan fingerprint density at radius 3 is 2.54 bits per heavy atom. The van der Waals surface area contributed by atoms with Crippen LogP contribution in [0.4, 0.5) is 4.39 Å². The maximum absolute atomic E-state index is 13.9. The van der Waals surface area contributed by atoms with Gasteiger partial charge in [0.15, 0.2) is 11.5 Å². The number of nitrogens with zero attached hydrogens (tertiary/aromatic N) is 5. The minimum Gasteiger partial charge on any atom is -0.493 e.